The zero-order valence-electron chi connectivity index (χ0n) is 9.09. The van der Waals surface area contributed by atoms with Crippen molar-refractivity contribution in [2.24, 2.45) is 5.41 Å². The van der Waals surface area contributed by atoms with E-state index in [-0.39, 0.29) is 12.1 Å². The normalized spacial score (nSPS) is 13.5. The first-order valence-electron chi connectivity index (χ1n) is 4.73. The van der Waals surface area contributed by atoms with E-state index < -0.39 is 5.41 Å². The second kappa shape index (κ2) is 5.05. The summed E-state index contributed by atoms with van der Waals surface area (Å²) in [5, 5.41) is 0. The molecule has 0 saturated heterocycles. The van der Waals surface area contributed by atoms with Crippen LogP contribution in [0.2, 0.25) is 0 Å². The minimum absolute atomic E-state index is 0.00998. The maximum Gasteiger partial charge on any atom is 0.311 e. The Bertz CT molecular complexity index is 177. The average Bonchev–Trinajstić information content (AvgIpc) is 2.01. The summed E-state index contributed by atoms with van der Waals surface area (Å²) >= 11 is 0. The predicted octanol–water partition coefficient (Wildman–Crippen LogP) is 2.93. The molecule has 0 bridgehead atoms. The van der Waals surface area contributed by atoms with E-state index in [1.807, 2.05) is 27.7 Å². The predicted molar refractivity (Wildman–Crippen MR) is 54.4 cm³/mol. The van der Waals surface area contributed by atoms with Crippen molar-refractivity contribution in [1.82, 2.24) is 0 Å². The van der Waals surface area contributed by atoms with Gasteiger partial charge in [0.15, 0.2) is 0 Å². The van der Waals surface area contributed by atoms with E-state index in [2.05, 4.69) is 6.58 Å². The van der Waals surface area contributed by atoms with E-state index in [0.29, 0.717) is 0 Å². The van der Waals surface area contributed by atoms with E-state index >= 15 is 0 Å². The largest absolute Gasteiger partial charge is 0.462 e. The molecule has 1 atom stereocenters. The molecule has 0 aliphatic heterocycles. The quantitative estimate of drug-likeness (QED) is 0.496. The van der Waals surface area contributed by atoms with Crippen LogP contribution in [0, 0.1) is 5.41 Å². The molecule has 0 fully saturated rings. The average molecular weight is 184 g/mol. The monoisotopic (exact) mass is 184 g/mol. The van der Waals surface area contributed by atoms with Gasteiger partial charge in [0.25, 0.3) is 0 Å². The maximum absolute atomic E-state index is 11.5. The number of hydrogen-bond donors (Lipinski definition) is 0. The van der Waals surface area contributed by atoms with Gasteiger partial charge in [0, 0.05) is 6.42 Å². The Balaban J connectivity index is 4.08. The lowest BCUT2D eigenvalue weighted by Crippen LogP contribution is -2.27. The van der Waals surface area contributed by atoms with Crippen LogP contribution < -0.4 is 0 Å². The molecule has 0 aromatic carbocycles. The molecule has 2 heteroatoms. The molecule has 0 heterocycles. The highest BCUT2D eigenvalue weighted by Gasteiger charge is 2.25. The Labute approximate surface area is 81.0 Å². The fraction of sp³-hybridized carbons (Fsp3) is 0.727. The number of carbonyl (C=O) groups is 1. The zero-order valence-corrected chi connectivity index (χ0v) is 9.09. The van der Waals surface area contributed by atoms with Crippen molar-refractivity contribution in [1.29, 1.82) is 0 Å². The molecule has 0 radical (unpaired) electrons. The Hall–Kier alpha value is -0.790. The number of esters is 1. The Morgan fingerprint density at radius 3 is 2.38 bits per heavy atom. The highest BCUT2D eigenvalue weighted by Crippen LogP contribution is 2.18. The number of carbonyl (C=O) groups excluding carboxylic acids is 1. The molecular weight excluding hydrogens is 164 g/mol. The third-order valence-electron chi connectivity index (χ3n) is 1.77. The minimum atomic E-state index is -0.408. The van der Waals surface area contributed by atoms with Crippen LogP contribution in [0.25, 0.3) is 0 Å². The Kier molecular flexibility index (Phi) is 4.74. The van der Waals surface area contributed by atoms with E-state index in [1.165, 1.54) is 0 Å². The standard InChI is InChI=1S/C11H20O2/c1-6-8-9(7-2)13-10(12)11(3,4)5/h6,9H,1,7-8H2,2-5H3. The zero-order chi connectivity index (χ0) is 10.5. The molecule has 0 spiro atoms. The molecular formula is C11H20O2. The van der Waals surface area contributed by atoms with Gasteiger partial charge in [0.2, 0.25) is 0 Å². The summed E-state index contributed by atoms with van der Waals surface area (Å²) in [5.41, 5.74) is -0.408. The van der Waals surface area contributed by atoms with Gasteiger partial charge in [0.05, 0.1) is 5.41 Å². The van der Waals surface area contributed by atoms with Gasteiger partial charge in [-0.2, -0.15) is 0 Å². The highest BCUT2D eigenvalue weighted by atomic mass is 16.5. The van der Waals surface area contributed by atoms with Crippen LogP contribution >= 0.6 is 0 Å². The van der Waals surface area contributed by atoms with Crippen molar-refractivity contribution in [3.05, 3.63) is 12.7 Å². The first-order valence-corrected chi connectivity index (χ1v) is 4.73. The van der Waals surface area contributed by atoms with E-state index in [1.54, 1.807) is 6.08 Å². The van der Waals surface area contributed by atoms with Crippen molar-refractivity contribution in [3.63, 3.8) is 0 Å². The molecule has 0 N–H and O–H groups in total. The van der Waals surface area contributed by atoms with Crippen molar-refractivity contribution in [3.8, 4) is 0 Å². The van der Waals surface area contributed by atoms with Gasteiger partial charge >= 0.3 is 5.97 Å². The van der Waals surface area contributed by atoms with Crippen LogP contribution in [0.3, 0.4) is 0 Å². The number of hydrogen-bond acceptors (Lipinski definition) is 2. The van der Waals surface area contributed by atoms with Gasteiger partial charge in [-0.05, 0) is 27.2 Å². The van der Waals surface area contributed by atoms with E-state index in [9.17, 15) is 4.79 Å². The second-order valence-corrected chi connectivity index (χ2v) is 4.21. The molecule has 76 valence electrons. The van der Waals surface area contributed by atoms with Crippen LogP contribution in [0.15, 0.2) is 12.7 Å². The van der Waals surface area contributed by atoms with Crippen LogP contribution in [0.1, 0.15) is 40.5 Å². The van der Waals surface area contributed by atoms with Crippen molar-refractivity contribution in [2.75, 3.05) is 0 Å². The fourth-order valence-electron chi connectivity index (χ4n) is 0.812. The number of rotatable bonds is 4. The molecule has 0 amide bonds. The highest BCUT2D eigenvalue weighted by molar-refractivity contribution is 5.75. The first-order chi connectivity index (χ1) is 5.91. The molecule has 13 heavy (non-hydrogen) atoms. The van der Waals surface area contributed by atoms with Gasteiger partial charge in [-0.3, -0.25) is 4.79 Å². The van der Waals surface area contributed by atoms with Crippen LogP contribution in [0.5, 0.6) is 0 Å². The third-order valence-corrected chi connectivity index (χ3v) is 1.77. The minimum Gasteiger partial charge on any atom is -0.462 e. The molecule has 0 rings (SSSR count). The lowest BCUT2D eigenvalue weighted by molar-refractivity contribution is -0.158. The van der Waals surface area contributed by atoms with Crippen LogP contribution in [0.4, 0.5) is 0 Å². The van der Waals surface area contributed by atoms with Gasteiger partial charge in [0.1, 0.15) is 6.10 Å². The molecule has 2 nitrogen and oxygen atoms in total. The van der Waals surface area contributed by atoms with Gasteiger partial charge in [-0.15, -0.1) is 6.58 Å². The fourth-order valence-corrected chi connectivity index (χ4v) is 0.812. The van der Waals surface area contributed by atoms with Crippen molar-refractivity contribution >= 4 is 5.97 Å². The van der Waals surface area contributed by atoms with E-state index in [4.69, 9.17) is 4.74 Å². The Morgan fingerprint density at radius 2 is 2.08 bits per heavy atom. The molecule has 1 unspecified atom stereocenters. The first kappa shape index (κ1) is 12.2. The summed E-state index contributed by atoms with van der Waals surface area (Å²) in [7, 11) is 0. The summed E-state index contributed by atoms with van der Waals surface area (Å²) in [6.45, 7) is 11.2. The number of ether oxygens (including phenoxy) is 1. The topological polar surface area (TPSA) is 26.3 Å². The van der Waals surface area contributed by atoms with Crippen molar-refractivity contribution < 1.29 is 9.53 Å². The summed E-state index contributed by atoms with van der Waals surface area (Å²) in [5.74, 6) is -0.138. The smallest absolute Gasteiger partial charge is 0.311 e. The third kappa shape index (κ3) is 4.71. The molecule has 0 aromatic heterocycles. The summed E-state index contributed by atoms with van der Waals surface area (Å²) in [6.07, 6.45) is 3.35. The van der Waals surface area contributed by atoms with Crippen LogP contribution in [-0.4, -0.2) is 12.1 Å². The van der Waals surface area contributed by atoms with Crippen LogP contribution in [-0.2, 0) is 9.53 Å². The Morgan fingerprint density at radius 1 is 1.54 bits per heavy atom. The molecule has 0 saturated carbocycles. The maximum atomic E-state index is 11.5. The SMILES string of the molecule is C=CCC(CC)OC(=O)C(C)(C)C. The van der Waals surface area contributed by atoms with Gasteiger partial charge < -0.3 is 4.74 Å². The lowest BCUT2D eigenvalue weighted by Gasteiger charge is -2.21. The second-order valence-electron chi connectivity index (χ2n) is 4.21. The van der Waals surface area contributed by atoms with Gasteiger partial charge in [-0.1, -0.05) is 13.0 Å². The van der Waals surface area contributed by atoms with Crippen molar-refractivity contribution in [2.45, 2.75) is 46.6 Å². The van der Waals surface area contributed by atoms with Gasteiger partial charge in [-0.25, -0.2) is 0 Å². The summed E-state index contributed by atoms with van der Waals surface area (Å²) in [4.78, 5) is 11.5. The molecule has 0 aromatic rings. The summed E-state index contributed by atoms with van der Waals surface area (Å²) in [6, 6.07) is 0. The van der Waals surface area contributed by atoms with E-state index in [0.717, 1.165) is 12.8 Å². The lowest BCUT2D eigenvalue weighted by atomic mass is 9.97. The summed E-state index contributed by atoms with van der Waals surface area (Å²) < 4.78 is 5.29. The molecule has 0 aliphatic rings. The molecule has 0 aliphatic carbocycles.